The summed E-state index contributed by atoms with van der Waals surface area (Å²) in [5.41, 5.74) is 7.84. The fourth-order valence-electron chi connectivity index (χ4n) is 2.37. The van der Waals surface area contributed by atoms with E-state index in [0.29, 0.717) is 18.8 Å². The van der Waals surface area contributed by atoms with E-state index in [-0.39, 0.29) is 11.9 Å². The van der Waals surface area contributed by atoms with Gasteiger partial charge in [0.25, 0.3) is 0 Å². The highest BCUT2D eigenvalue weighted by Gasteiger charge is 2.14. The molecule has 0 aliphatic carbocycles. The highest BCUT2D eigenvalue weighted by molar-refractivity contribution is 5.99. The molecule has 5 nitrogen and oxygen atoms in total. The number of amides is 1. The molecule has 2 aromatic rings. The molecule has 2 rings (SSSR count). The maximum Gasteiger partial charge on any atom is 0.239 e. The van der Waals surface area contributed by atoms with Gasteiger partial charge in [-0.05, 0) is 32.9 Å². The van der Waals surface area contributed by atoms with Gasteiger partial charge in [-0.3, -0.25) is 9.78 Å². The van der Waals surface area contributed by atoms with Crippen LogP contribution in [0.4, 0.5) is 11.4 Å². The first-order chi connectivity index (χ1) is 10.0. The van der Waals surface area contributed by atoms with Crippen LogP contribution in [-0.4, -0.2) is 30.0 Å². The van der Waals surface area contributed by atoms with Crippen molar-refractivity contribution in [3.8, 4) is 0 Å². The van der Waals surface area contributed by atoms with E-state index in [0.717, 1.165) is 16.5 Å². The predicted molar refractivity (Wildman–Crippen MR) is 87.3 cm³/mol. The number of carbonyl (C=O) groups excluding carboxylic acids is 1. The summed E-state index contributed by atoms with van der Waals surface area (Å²) in [6, 6.07) is 5.97. The molecule has 0 aliphatic heterocycles. The smallest absolute Gasteiger partial charge is 0.239 e. The van der Waals surface area contributed by atoms with E-state index < -0.39 is 0 Å². The number of nitrogens with two attached hydrogens (primary N) is 1. The number of hydrogen-bond acceptors (Lipinski definition) is 4. The molecule has 0 radical (unpaired) electrons. The zero-order valence-electron chi connectivity index (χ0n) is 12.8. The summed E-state index contributed by atoms with van der Waals surface area (Å²) >= 11 is 0. The third-order valence-corrected chi connectivity index (χ3v) is 3.35. The van der Waals surface area contributed by atoms with Gasteiger partial charge in [-0.25, -0.2) is 0 Å². The summed E-state index contributed by atoms with van der Waals surface area (Å²) in [5.74, 6) is 0.000996. The van der Waals surface area contributed by atoms with Crippen molar-refractivity contribution in [1.29, 1.82) is 0 Å². The Morgan fingerprint density at radius 3 is 2.81 bits per heavy atom. The van der Waals surface area contributed by atoms with Crippen LogP contribution < -0.4 is 16.0 Å². The van der Waals surface area contributed by atoms with Crippen LogP contribution in [0.15, 0.2) is 30.6 Å². The number of carbonyl (C=O) groups is 1. The Labute approximate surface area is 125 Å². The van der Waals surface area contributed by atoms with Gasteiger partial charge < -0.3 is 16.0 Å². The summed E-state index contributed by atoms with van der Waals surface area (Å²) in [7, 11) is 0. The van der Waals surface area contributed by atoms with Gasteiger partial charge in [0.05, 0.1) is 17.9 Å². The number of benzene rings is 1. The third kappa shape index (κ3) is 3.42. The first-order valence-electron chi connectivity index (χ1n) is 7.19. The number of anilines is 2. The monoisotopic (exact) mass is 286 g/mol. The van der Waals surface area contributed by atoms with E-state index in [9.17, 15) is 4.79 Å². The number of aromatic nitrogens is 1. The van der Waals surface area contributed by atoms with Crippen molar-refractivity contribution in [3.63, 3.8) is 0 Å². The second-order valence-electron chi connectivity index (χ2n) is 5.33. The van der Waals surface area contributed by atoms with E-state index in [1.165, 1.54) is 0 Å². The van der Waals surface area contributed by atoms with Crippen LogP contribution in [0.25, 0.3) is 10.8 Å². The molecule has 0 aliphatic rings. The average molecular weight is 286 g/mol. The van der Waals surface area contributed by atoms with Crippen molar-refractivity contribution >= 4 is 28.1 Å². The van der Waals surface area contributed by atoms with Gasteiger partial charge in [-0.2, -0.15) is 0 Å². The van der Waals surface area contributed by atoms with E-state index in [4.69, 9.17) is 5.73 Å². The lowest BCUT2D eigenvalue weighted by Gasteiger charge is -2.25. The SMILES string of the molecule is CCN(CC(=O)NC(C)C)c1ccc2cnccc2c1N. The van der Waals surface area contributed by atoms with Crippen LogP contribution in [-0.2, 0) is 4.79 Å². The second-order valence-corrected chi connectivity index (χ2v) is 5.33. The minimum atomic E-state index is 0.000996. The van der Waals surface area contributed by atoms with Gasteiger partial charge in [-0.15, -0.1) is 0 Å². The number of nitrogen functional groups attached to an aromatic ring is 1. The summed E-state index contributed by atoms with van der Waals surface area (Å²) in [6.45, 7) is 6.93. The van der Waals surface area contributed by atoms with Crippen LogP contribution >= 0.6 is 0 Å². The Hall–Kier alpha value is -2.30. The maximum absolute atomic E-state index is 12.0. The molecule has 21 heavy (non-hydrogen) atoms. The van der Waals surface area contributed by atoms with Crippen molar-refractivity contribution in [2.24, 2.45) is 0 Å². The molecule has 0 bridgehead atoms. The van der Waals surface area contributed by atoms with Gasteiger partial charge in [0, 0.05) is 35.8 Å². The Kier molecular flexibility index (Phi) is 4.62. The van der Waals surface area contributed by atoms with Crippen LogP contribution in [0, 0.1) is 0 Å². The number of nitrogens with one attached hydrogen (secondary N) is 1. The summed E-state index contributed by atoms with van der Waals surface area (Å²) in [6.07, 6.45) is 3.52. The van der Waals surface area contributed by atoms with E-state index in [2.05, 4.69) is 10.3 Å². The van der Waals surface area contributed by atoms with Crippen molar-refractivity contribution in [1.82, 2.24) is 10.3 Å². The molecule has 1 aromatic heterocycles. The van der Waals surface area contributed by atoms with E-state index in [1.807, 2.05) is 43.9 Å². The lowest BCUT2D eigenvalue weighted by Crippen LogP contribution is -2.40. The normalized spacial score (nSPS) is 10.9. The number of rotatable bonds is 5. The molecule has 0 atom stereocenters. The summed E-state index contributed by atoms with van der Waals surface area (Å²) < 4.78 is 0. The lowest BCUT2D eigenvalue weighted by molar-refractivity contribution is -0.120. The molecule has 112 valence electrons. The molecular formula is C16H22N4O. The van der Waals surface area contributed by atoms with Crippen molar-refractivity contribution in [3.05, 3.63) is 30.6 Å². The van der Waals surface area contributed by atoms with Crippen LogP contribution in [0.2, 0.25) is 0 Å². The predicted octanol–water partition coefficient (Wildman–Crippen LogP) is 2.17. The molecule has 1 amide bonds. The molecule has 1 heterocycles. The number of likely N-dealkylation sites (N-methyl/N-ethyl adjacent to an activating group) is 1. The standard InChI is InChI=1S/C16H22N4O/c1-4-20(10-15(21)19-11(2)3)14-6-5-12-9-18-8-7-13(12)16(14)17/h5-9,11H,4,10,17H2,1-3H3,(H,19,21). The zero-order valence-corrected chi connectivity index (χ0v) is 12.8. The summed E-state index contributed by atoms with van der Waals surface area (Å²) in [4.78, 5) is 18.0. The first-order valence-corrected chi connectivity index (χ1v) is 7.19. The highest BCUT2D eigenvalue weighted by Crippen LogP contribution is 2.30. The number of fused-ring (bicyclic) bond motifs is 1. The Morgan fingerprint density at radius 1 is 1.38 bits per heavy atom. The van der Waals surface area contributed by atoms with Crippen LogP contribution in [0.1, 0.15) is 20.8 Å². The molecule has 3 N–H and O–H groups in total. The fraction of sp³-hybridized carbons (Fsp3) is 0.375. The van der Waals surface area contributed by atoms with Gasteiger partial charge in [0.15, 0.2) is 0 Å². The zero-order chi connectivity index (χ0) is 15.4. The lowest BCUT2D eigenvalue weighted by atomic mass is 10.1. The van der Waals surface area contributed by atoms with Gasteiger partial charge in [-0.1, -0.05) is 6.07 Å². The Bertz CT molecular complexity index is 639. The maximum atomic E-state index is 12.0. The van der Waals surface area contributed by atoms with Crippen molar-refractivity contribution in [2.45, 2.75) is 26.8 Å². The second kappa shape index (κ2) is 6.43. The quantitative estimate of drug-likeness (QED) is 0.826. The van der Waals surface area contributed by atoms with E-state index >= 15 is 0 Å². The summed E-state index contributed by atoms with van der Waals surface area (Å²) in [5, 5.41) is 4.87. The molecule has 0 spiro atoms. The number of nitrogens with zero attached hydrogens (tertiary/aromatic N) is 2. The van der Waals surface area contributed by atoms with Gasteiger partial charge >= 0.3 is 0 Å². The number of hydrogen-bond donors (Lipinski definition) is 2. The third-order valence-electron chi connectivity index (χ3n) is 3.35. The topological polar surface area (TPSA) is 71.2 Å². The molecule has 1 aromatic carbocycles. The molecule has 0 unspecified atom stereocenters. The molecule has 0 fully saturated rings. The van der Waals surface area contributed by atoms with Crippen molar-refractivity contribution < 1.29 is 4.79 Å². The fourth-order valence-corrected chi connectivity index (χ4v) is 2.37. The molecule has 5 heteroatoms. The first kappa shape index (κ1) is 15.1. The Morgan fingerprint density at radius 2 is 2.14 bits per heavy atom. The van der Waals surface area contributed by atoms with Gasteiger partial charge in [0.1, 0.15) is 0 Å². The molecule has 0 saturated carbocycles. The van der Waals surface area contributed by atoms with Crippen molar-refractivity contribution in [2.75, 3.05) is 23.7 Å². The van der Waals surface area contributed by atoms with E-state index in [1.54, 1.807) is 12.4 Å². The minimum absolute atomic E-state index is 0.000996. The highest BCUT2D eigenvalue weighted by atomic mass is 16.2. The van der Waals surface area contributed by atoms with Crippen LogP contribution in [0.5, 0.6) is 0 Å². The molecular weight excluding hydrogens is 264 g/mol. The van der Waals surface area contributed by atoms with Gasteiger partial charge in [0.2, 0.25) is 5.91 Å². The minimum Gasteiger partial charge on any atom is -0.397 e. The van der Waals surface area contributed by atoms with Crippen LogP contribution in [0.3, 0.4) is 0 Å². The average Bonchev–Trinajstić information content (AvgIpc) is 2.45. The number of pyridine rings is 1. The Balaban J connectivity index is 2.30. The molecule has 0 saturated heterocycles. The largest absolute Gasteiger partial charge is 0.397 e.